The molecule has 0 aliphatic rings. The number of carbonyl (C=O) groups excluding carboxylic acids is 1. The van der Waals surface area contributed by atoms with Crippen LogP contribution in [-0.2, 0) is 4.74 Å². The number of anilines is 1. The molecule has 1 rings (SSSR count). The van der Waals surface area contributed by atoms with Crippen molar-refractivity contribution in [2.45, 2.75) is 38.8 Å². The zero-order valence-corrected chi connectivity index (χ0v) is 11.5. The molecule has 20 heavy (non-hydrogen) atoms. The van der Waals surface area contributed by atoms with E-state index >= 15 is 0 Å². The van der Waals surface area contributed by atoms with Crippen LogP contribution in [0.4, 0.5) is 19.3 Å². The zero-order chi connectivity index (χ0) is 15.5. The van der Waals surface area contributed by atoms with Crippen molar-refractivity contribution in [3.8, 4) is 5.75 Å². The molecule has 0 saturated carbocycles. The van der Waals surface area contributed by atoms with Crippen molar-refractivity contribution in [2.75, 3.05) is 5.32 Å². The third kappa shape index (κ3) is 4.65. The number of ether oxygens (including phenoxy) is 1. The first-order valence-electron chi connectivity index (χ1n) is 5.97. The van der Waals surface area contributed by atoms with Crippen LogP contribution >= 0.6 is 0 Å². The Bertz CT molecular complexity index is 487. The molecule has 7 heteroatoms. The molecule has 1 aromatic carbocycles. The molecule has 0 aliphatic heterocycles. The van der Waals surface area contributed by atoms with E-state index in [1.807, 2.05) is 0 Å². The van der Waals surface area contributed by atoms with Crippen LogP contribution in [0.5, 0.6) is 5.75 Å². The summed E-state index contributed by atoms with van der Waals surface area (Å²) in [6.07, 6.45) is -3.61. The van der Waals surface area contributed by atoms with Gasteiger partial charge in [0.25, 0.3) is 6.43 Å². The fourth-order valence-electron chi connectivity index (χ4n) is 1.49. The molecule has 0 fully saturated rings. The number of phenolic OH excluding ortho intramolecular Hbond substituents is 1. The van der Waals surface area contributed by atoms with Crippen molar-refractivity contribution in [1.29, 1.82) is 0 Å². The van der Waals surface area contributed by atoms with E-state index in [-0.39, 0.29) is 17.0 Å². The number of alkyl halides is 2. The summed E-state index contributed by atoms with van der Waals surface area (Å²) in [6.45, 7) is 5.03. The van der Waals surface area contributed by atoms with Crippen molar-refractivity contribution in [1.82, 2.24) is 0 Å². The Hall–Kier alpha value is -1.89. The number of amides is 1. The van der Waals surface area contributed by atoms with Crippen LogP contribution in [0.1, 0.15) is 32.4 Å². The van der Waals surface area contributed by atoms with E-state index in [0.717, 1.165) is 6.07 Å². The second kappa shape index (κ2) is 6.04. The predicted octanol–water partition coefficient (Wildman–Crippen LogP) is 3.00. The van der Waals surface area contributed by atoms with Crippen LogP contribution in [0.25, 0.3) is 0 Å². The summed E-state index contributed by atoms with van der Waals surface area (Å²) in [7, 11) is 0. The van der Waals surface area contributed by atoms with E-state index < -0.39 is 24.2 Å². The number of carbonyl (C=O) groups is 1. The molecule has 112 valence electrons. The van der Waals surface area contributed by atoms with Crippen molar-refractivity contribution < 1.29 is 23.4 Å². The Balaban J connectivity index is 2.98. The summed E-state index contributed by atoms with van der Waals surface area (Å²) in [4.78, 5) is 11.6. The SMILES string of the molecule is CC(C)(C)OC(=O)Nc1ccc(O)cc1C(N)C(F)F. The lowest BCUT2D eigenvalue weighted by molar-refractivity contribution is 0.0634. The summed E-state index contributed by atoms with van der Waals surface area (Å²) in [5, 5.41) is 11.7. The van der Waals surface area contributed by atoms with Crippen LogP contribution in [0.15, 0.2) is 18.2 Å². The first-order valence-corrected chi connectivity index (χ1v) is 5.97. The molecular formula is C13H18F2N2O3. The minimum atomic E-state index is -2.82. The number of nitrogens with two attached hydrogens (primary N) is 1. The highest BCUT2D eigenvalue weighted by molar-refractivity contribution is 5.86. The Morgan fingerprint density at radius 3 is 2.50 bits per heavy atom. The normalized spacial score (nSPS) is 13.2. The topological polar surface area (TPSA) is 84.6 Å². The molecule has 5 nitrogen and oxygen atoms in total. The molecule has 0 radical (unpaired) electrons. The maximum absolute atomic E-state index is 12.7. The van der Waals surface area contributed by atoms with E-state index in [4.69, 9.17) is 10.5 Å². The van der Waals surface area contributed by atoms with E-state index in [9.17, 15) is 18.7 Å². The zero-order valence-electron chi connectivity index (χ0n) is 11.5. The highest BCUT2D eigenvalue weighted by Crippen LogP contribution is 2.29. The van der Waals surface area contributed by atoms with Crippen LogP contribution in [0, 0.1) is 0 Å². The molecule has 1 atom stereocenters. The molecule has 0 heterocycles. The first-order chi connectivity index (χ1) is 9.10. The predicted molar refractivity (Wildman–Crippen MR) is 70.9 cm³/mol. The number of hydrogen-bond acceptors (Lipinski definition) is 4. The van der Waals surface area contributed by atoms with E-state index in [1.54, 1.807) is 20.8 Å². The van der Waals surface area contributed by atoms with Gasteiger partial charge < -0.3 is 15.6 Å². The summed E-state index contributed by atoms with van der Waals surface area (Å²) >= 11 is 0. The number of halogens is 2. The standard InChI is InChI=1S/C13H18F2N2O3/c1-13(2,3)20-12(19)17-9-5-4-7(18)6-8(9)10(16)11(14)15/h4-6,10-11,18H,16H2,1-3H3,(H,17,19). The molecule has 1 unspecified atom stereocenters. The number of phenols is 1. The molecule has 0 saturated heterocycles. The van der Waals surface area contributed by atoms with Gasteiger partial charge in [-0.1, -0.05) is 0 Å². The van der Waals surface area contributed by atoms with Crippen molar-refractivity contribution in [3.05, 3.63) is 23.8 Å². The minimum Gasteiger partial charge on any atom is -0.508 e. The van der Waals surface area contributed by atoms with Crippen molar-refractivity contribution >= 4 is 11.8 Å². The van der Waals surface area contributed by atoms with Gasteiger partial charge in [-0.2, -0.15) is 0 Å². The number of benzene rings is 1. The lowest BCUT2D eigenvalue weighted by Crippen LogP contribution is -2.28. The highest BCUT2D eigenvalue weighted by Gasteiger charge is 2.23. The van der Waals surface area contributed by atoms with Crippen LogP contribution in [-0.4, -0.2) is 23.2 Å². The average molecular weight is 288 g/mol. The summed E-state index contributed by atoms with van der Waals surface area (Å²) in [5.74, 6) is -0.217. The van der Waals surface area contributed by atoms with Gasteiger partial charge >= 0.3 is 6.09 Å². The van der Waals surface area contributed by atoms with Gasteiger partial charge in [-0.15, -0.1) is 0 Å². The van der Waals surface area contributed by atoms with Gasteiger partial charge in [0, 0.05) is 11.3 Å². The van der Waals surface area contributed by atoms with Crippen molar-refractivity contribution in [2.24, 2.45) is 5.73 Å². The molecule has 0 spiro atoms. The molecule has 1 amide bonds. The Kier molecular flexibility index (Phi) is 4.88. The maximum Gasteiger partial charge on any atom is 0.412 e. The van der Waals surface area contributed by atoms with Gasteiger partial charge in [-0.05, 0) is 39.0 Å². The number of hydrogen-bond donors (Lipinski definition) is 3. The molecule has 1 aromatic rings. The van der Waals surface area contributed by atoms with Gasteiger partial charge in [0.2, 0.25) is 0 Å². The largest absolute Gasteiger partial charge is 0.508 e. The Morgan fingerprint density at radius 1 is 1.40 bits per heavy atom. The molecule has 0 bridgehead atoms. The number of nitrogens with one attached hydrogen (secondary N) is 1. The van der Waals surface area contributed by atoms with Gasteiger partial charge in [0.15, 0.2) is 0 Å². The summed E-state index contributed by atoms with van der Waals surface area (Å²) < 4.78 is 30.4. The van der Waals surface area contributed by atoms with Gasteiger partial charge in [0.1, 0.15) is 11.4 Å². The Morgan fingerprint density at radius 2 is 2.00 bits per heavy atom. The number of rotatable bonds is 3. The third-order valence-corrected chi connectivity index (χ3v) is 2.30. The third-order valence-electron chi connectivity index (χ3n) is 2.30. The van der Waals surface area contributed by atoms with E-state index in [1.165, 1.54) is 12.1 Å². The summed E-state index contributed by atoms with van der Waals surface area (Å²) in [5.41, 5.74) is 4.65. The minimum absolute atomic E-state index is 0.0640. The Labute approximate surface area is 115 Å². The monoisotopic (exact) mass is 288 g/mol. The van der Waals surface area contributed by atoms with Crippen molar-refractivity contribution in [3.63, 3.8) is 0 Å². The lowest BCUT2D eigenvalue weighted by atomic mass is 10.1. The second-order valence-corrected chi connectivity index (χ2v) is 5.26. The van der Waals surface area contributed by atoms with Gasteiger partial charge in [-0.3, -0.25) is 5.32 Å². The van der Waals surface area contributed by atoms with E-state index in [0.29, 0.717) is 0 Å². The van der Waals surface area contributed by atoms with Gasteiger partial charge in [0.05, 0.1) is 6.04 Å². The smallest absolute Gasteiger partial charge is 0.412 e. The second-order valence-electron chi connectivity index (χ2n) is 5.26. The van der Waals surface area contributed by atoms with Crippen LogP contribution in [0.2, 0.25) is 0 Å². The molecular weight excluding hydrogens is 270 g/mol. The van der Waals surface area contributed by atoms with Crippen LogP contribution < -0.4 is 11.1 Å². The van der Waals surface area contributed by atoms with Crippen LogP contribution in [0.3, 0.4) is 0 Å². The average Bonchev–Trinajstić information content (AvgIpc) is 2.27. The van der Waals surface area contributed by atoms with Gasteiger partial charge in [-0.25, -0.2) is 13.6 Å². The maximum atomic E-state index is 12.7. The summed E-state index contributed by atoms with van der Waals surface area (Å²) in [6, 6.07) is 2.02. The lowest BCUT2D eigenvalue weighted by Gasteiger charge is -2.21. The highest BCUT2D eigenvalue weighted by atomic mass is 19.3. The molecule has 0 aromatic heterocycles. The number of aromatic hydroxyl groups is 1. The quantitative estimate of drug-likeness (QED) is 0.746. The fraction of sp³-hybridized carbons (Fsp3) is 0.462. The molecule has 4 N–H and O–H groups in total. The van der Waals surface area contributed by atoms with E-state index in [2.05, 4.69) is 5.32 Å². The first kappa shape index (κ1) is 16.2. The molecule has 0 aliphatic carbocycles. The fourth-order valence-corrected chi connectivity index (χ4v) is 1.49.